The number of rotatable bonds is 10. The molecule has 0 amide bonds. The number of aromatic hydroxyl groups is 1. The molecule has 7 heteroatoms. The molecule has 0 radical (unpaired) electrons. The van der Waals surface area contributed by atoms with E-state index in [-0.39, 0.29) is 15.5 Å². The van der Waals surface area contributed by atoms with Crippen molar-refractivity contribution in [1.29, 1.82) is 0 Å². The van der Waals surface area contributed by atoms with E-state index in [1.165, 1.54) is 0 Å². The Morgan fingerprint density at radius 2 is 0.851 bits per heavy atom. The van der Waals surface area contributed by atoms with Crippen LogP contribution >= 0.6 is 0 Å². The molecule has 6 rings (SSSR count). The van der Waals surface area contributed by atoms with Crippen LogP contribution in [-0.4, -0.2) is 20.6 Å². The summed E-state index contributed by atoms with van der Waals surface area (Å²) in [4.78, 5) is 0.368. The first-order valence-electron chi connectivity index (χ1n) is 15.1. The Morgan fingerprint density at radius 1 is 0.489 bits per heavy atom. The molecule has 0 saturated heterocycles. The zero-order valence-corrected chi connectivity index (χ0v) is 27.1. The second-order valence-corrected chi connectivity index (χ2v) is 13.5. The Morgan fingerprint density at radius 3 is 1.30 bits per heavy atom. The van der Waals surface area contributed by atoms with Gasteiger partial charge >= 0.3 is 0 Å². The van der Waals surface area contributed by atoms with E-state index in [4.69, 9.17) is 14.2 Å². The van der Waals surface area contributed by atoms with Crippen LogP contribution in [0, 0.1) is 0 Å². The molecule has 236 valence electrons. The normalized spacial score (nSPS) is 11.6. The summed E-state index contributed by atoms with van der Waals surface area (Å²) in [5.41, 5.74) is 4.24. The summed E-state index contributed by atoms with van der Waals surface area (Å²) < 4.78 is 44.4. The summed E-state index contributed by atoms with van der Waals surface area (Å²) in [6, 6.07) is 43.5. The van der Waals surface area contributed by atoms with Crippen LogP contribution in [0.15, 0.2) is 155 Å². The fourth-order valence-electron chi connectivity index (χ4n) is 5.22. The van der Waals surface area contributed by atoms with Gasteiger partial charge in [-0.25, -0.2) is 8.42 Å². The van der Waals surface area contributed by atoms with Crippen molar-refractivity contribution in [1.82, 2.24) is 0 Å². The number of phenolic OH excluding ortho intramolecular Hbond substituents is 1. The third-order valence-electron chi connectivity index (χ3n) is 7.94. The molecule has 0 aliphatic heterocycles. The Labute approximate surface area is 275 Å². The van der Waals surface area contributed by atoms with Gasteiger partial charge in [0.05, 0.1) is 16.9 Å². The van der Waals surface area contributed by atoms with E-state index in [0.29, 0.717) is 17.2 Å². The molecule has 0 bridgehead atoms. The zero-order valence-electron chi connectivity index (χ0n) is 26.3. The quantitative estimate of drug-likeness (QED) is 0.160. The van der Waals surface area contributed by atoms with Gasteiger partial charge in [-0.3, -0.25) is 0 Å². The van der Waals surface area contributed by atoms with E-state index in [1.54, 1.807) is 67.8 Å². The summed E-state index contributed by atoms with van der Waals surface area (Å²) in [5, 5.41) is 9.51. The minimum absolute atomic E-state index is 0.174. The van der Waals surface area contributed by atoms with Crippen molar-refractivity contribution in [3.63, 3.8) is 0 Å². The van der Waals surface area contributed by atoms with Crippen LogP contribution in [0.2, 0.25) is 0 Å². The topological polar surface area (TPSA) is 82.1 Å². The molecule has 0 aromatic heterocycles. The van der Waals surface area contributed by atoms with Crippen molar-refractivity contribution in [2.45, 2.75) is 29.2 Å². The molecule has 0 aliphatic rings. The van der Waals surface area contributed by atoms with Gasteiger partial charge < -0.3 is 19.3 Å². The SMILES string of the molecule is COc1ccc(-c2ccc(OC(C)(C)c3ccc(S(=O)(=O)c4ccc(Oc5ccc(-c6ccc(O)cc6)cc5)cc4)cc3)cc2)cc1. The second kappa shape index (κ2) is 13.1. The largest absolute Gasteiger partial charge is 0.508 e. The Bertz CT molecular complexity index is 2050. The Balaban J connectivity index is 1.10. The standard InChI is InChI=1S/C40H34O6S/c1-40(2,46-37-20-10-31(11-21-37)29-6-16-34(44-3)17-7-29)32-12-24-38(25-13-32)47(42,43)39-26-22-36(23-27-39)45-35-18-8-30(9-19-35)28-4-14-33(41)15-5-28/h4-27,41H,1-3H3. The maximum atomic E-state index is 13.4. The molecule has 0 saturated carbocycles. The van der Waals surface area contributed by atoms with Gasteiger partial charge in [0.2, 0.25) is 9.84 Å². The van der Waals surface area contributed by atoms with E-state index >= 15 is 0 Å². The fourth-order valence-corrected chi connectivity index (χ4v) is 6.48. The predicted molar refractivity (Wildman–Crippen MR) is 184 cm³/mol. The number of benzene rings is 6. The summed E-state index contributed by atoms with van der Waals surface area (Å²) >= 11 is 0. The van der Waals surface area contributed by atoms with Crippen molar-refractivity contribution in [3.05, 3.63) is 151 Å². The van der Waals surface area contributed by atoms with Crippen molar-refractivity contribution >= 4 is 9.84 Å². The van der Waals surface area contributed by atoms with Gasteiger partial charge in [0.15, 0.2) is 0 Å². The van der Waals surface area contributed by atoms with E-state index in [0.717, 1.165) is 33.6 Å². The highest BCUT2D eigenvalue weighted by molar-refractivity contribution is 7.91. The number of phenols is 1. The first kappa shape index (κ1) is 31.5. The van der Waals surface area contributed by atoms with Crippen LogP contribution in [0.5, 0.6) is 28.7 Å². The molecule has 0 spiro atoms. The number of sulfone groups is 1. The lowest BCUT2D eigenvalue weighted by atomic mass is 9.98. The van der Waals surface area contributed by atoms with E-state index < -0.39 is 15.4 Å². The highest BCUT2D eigenvalue weighted by atomic mass is 32.2. The molecule has 1 N–H and O–H groups in total. The summed E-state index contributed by atoms with van der Waals surface area (Å²) in [5.74, 6) is 2.88. The van der Waals surface area contributed by atoms with Crippen LogP contribution in [0.25, 0.3) is 22.3 Å². The van der Waals surface area contributed by atoms with E-state index in [9.17, 15) is 13.5 Å². The molecule has 6 nitrogen and oxygen atoms in total. The molecule has 0 aliphatic carbocycles. The lowest BCUT2D eigenvalue weighted by Crippen LogP contribution is -2.25. The van der Waals surface area contributed by atoms with Crippen molar-refractivity contribution in [2.24, 2.45) is 0 Å². The van der Waals surface area contributed by atoms with Crippen molar-refractivity contribution < 1.29 is 27.7 Å². The average molecular weight is 643 g/mol. The minimum Gasteiger partial charge on any atom is -0.508 e. The highest BCUT2D eigenvalue weighted by Crippen LogP contribution is 2.33. The monoisotopic (exact) mass is 642 g/mol. The van der Waals surface area contributed by atoms with Gasteiger partial charge in [-0.2, -0.15) is 0 Å². The first-order chi connectivity index (χ1) is 22.6. The maximum absolute atomic E-state index is 13.4. The average Bonchev–Trinajstić information content (AvgIpc) is 3.09. The summed E-state index contributed by atoms with van der Waals surface area (Å²) in [7, 11) is -2.10. The number of ether oxygens (including phenoxy) is 3. The van der Waals surface area contributed by atoms with E-state index in [1.807, 2.05) is 98.8 Å². The Hall–Kier alpha value is -5.53. The van der Waals surface area contributed by atoms with Crippen LogP contribution in [0.3, 0.4) is 0 Å². The minimum atomic E-state index is -3.75. The summed E-state index contributed by atoms with van der Waals surface area (Å²) in [6.45, 7) is 3.90. The fraction of sp³-hybridized carbons (Fsp3) is 0.100. The molecule has 0 atom stereocenters. The second-order valence-electron chi connectivity index (χ2n) is 11.5. The first-order valence-corrected chi connectivity index (χ1v) is 16.6. The van der Waals surface area contributed by atoms with E-state index in [2.05, 4.69) is 0 Å². The third-order valence-corrected chi connectivity index (χ3v) is 9.72. The zero-order chi connectivity index (χ0) is 33.0. The Kier molecular flexibility index (Phi) is 8.74. The van der Waals surface area contributed by atoms with Crippen molar-refractivity contribution in [2.75, 3.05) is 7.11 Å². The lowest BCUT2D eigenvalue weighted by molar-refractivity contribution is 0.109. The van der Waals surface area contributed by atoms with Gasteiger partial charge in [-0.1, -0.05) is 60.7 Å². The van der Waals surface area contributed by atoms with Gasteiger partial charge in [-0.15, -0.1) is 0 Å². The number of hydrogen-bond acceptors (Lipinski definition) is 6. The van der Waals surface area contributed by atoms with Gasteiger partial charge in [0, 0.05) is 0 Å². The number of hydrogen-bond donors (Lipinski definition) is 1. The van der Waals surface area contributed by atoms with Crippen LogP contribution < -0.4 is 14.2 Å². The predicted octanol–water partition coefficient (Wildman–Crippen LogP) is 9.67. The molecular weight excluding hydrogens is 609 g/mol. The maximum Gasteiger partial charge on any atom is 0.206 e. The van der Waals surface area contributed by atoms with Gasteiger partial charge in [-0.05, 0) is 127 Å². The molecule has 47 heavy (non-hydrogen) atoms. The molecule has 0 heterocycles. The molecule has 0 fully saturated rings. The molecular formula is C40H34O6S. The smallest absolute Gasteiger partial charge is 0.206 e. The van der Waals surface area contributed by atoms with Crippen molar-refractivity contribution in [3.8, 4) is 51.0 Å². The molecule has 0 unspecified atom stereocenters. The van der Waals surface area contributed by atoms with Gasteiger partial charge in [0.1, 0.15) is 34.3 Å². The number of methoxy groups -OCH3 is 1. The molecule has 6 aromatic rings. The van der Waals surface area contributed by atoms with Crippen LogP contribution in [-0.2, 0) is 15.4 Å². The molecule has 6 aromatic carbocycles. The van der Waals surface area contributed by atoms with Crippen LogP contribution in [0.4, 0.5) is 0 Å². The van der Waals surface area contributed by atoms with Gasteiger partial charge in [0.25, 0.3) is 0 Å². The summed E-state index contributed by atoms with van der Waals surface area (Å²) in [6.07, 6.45) is 0. The highest BCUT2D eigenvalue weighted by Gasteiger charge is 2.25. The third kappa shape index (κ3) is 7.16. The lowest BCUT2D eigenvalue weighted by Gasteiger charge is -2.27. The van der Waals surface area contributed by atoms with Crippen LogP contribution in [0.1, 0.15) is 19.4 Å².